The van der Waals surface area contributed by atoms with Crippen molar-refractivity contribution in [3.8, 4) is 0 Å². The van der Waals surface area contributed by atoms with Crippen molar-refractivity contribution in [1.29, 1.82) is 0 Å². The van der Waals surface area contributed by atoms with Crippen LogP contribution in [0.5, 0.6) is 0 Å². The Labute approximate surface area is 127 Å². The van der Waals surface area contributed by atoms with Crippen molar-refractivity contribution in [1.82, 2.24) is 4.72 Å². The average Bonchev–Trinajstić information content (AvgIpc) is 2.36. The fourth-order valence-electron chi connectivity index (χ4n) is 2.35. The lowest BCUT2D eigenvalue weighted by Crippen LogP contribution is -2.52. The van der Waals surface area contributed by atoms with E-state index in [0.29, 0.717) is 19.3 Å². The maximum atomic E-state index is 13.7. The lowest BCUT2D eigenvalue weighted by molar-refractivity contribution is 0.0696. The third-order valence-electron chi connectivity index (χ3n) is 3.88. The minimum Gasteiger partial charge on any atom is -0.478 e. The molecule has 1 aliphatic rings. The predicted octanol–water partition coefficient (Wildman–Crippen LogP) is 2.79. The molecule has 8 heteroatoms. The Morgan fingerprint density at radius 2 is 2.10 bits per heavy atom. The maximum absolute atomic E-state index is 13.7. The zero-order valence-electron chi connectivity index (χ0n) is 11.3. The number of rotatable bonds is 5. The molecule has 1 aromatic rings. The molecule has 1 aromatic carbocycles. The molecule has 0 atom stereocenters. The first-order chi connectivity index (χ1) is 9.71. The van der Waals surface area contributed by atoms with Crippen LogP contribution in [0.4, 0.5) is 4.39 Å². The van der Waals surface area contributed by atoms with Gasteiger partial charge in [0.25, 0.3) is 0 Å². The van der Waals surface area contributed by atoms with Crippen molar-refractivity contribution >= 4 is 27.6 Å². The molecule has 0 amide bonds. The van der Waals surface area contributed by atoms with Gasteiger partial charge in [-0.3, -0.25) is 0 Å². The Morgan fingerprint density at radius 1 is 1.48 bits per heavy atom. The monoisotopic (exact) mass is 335 g/mol. The highest BCUT2D eigenvalue weighted by molar-refractivity contribution is 7.89. The van der Waals surface area contributed by atoms with E-state index in [0.717, 1.165) is 18.6 Å². The smallest absolute Gasteiger partial charge is 0.337 e. The second-order valence-corrected chi connectivity index (χ2v) is 7.23. The van der Waals surface area contributed by atoms with E-state index in [1.165, 1.54) is 0 Å². The van der Waals surface area contributed by atoms with Gasteiger partial charge in [-0.1, -0.05) is 18.5 Å². The number of hydrogen-bond acceptors (Lipinski definition) is 3. The molecule has 0 bridgehead atoms. The minimum atomic E-state index is -4.00. The van der Waals surface area contributed by atoms with Crippen molar-refractivity contribution in [2.24, 2.45) is 0 Å². The number of halogens is 2. The van der Waals surface area contributed by atoms with Crippen LogP contribution in [0.1, 0.15) is 43.0 Å². The molecule has 5 nitrogen and oxygen atoms in total. The van der Waals surface area contributed by atoms with Crippen LogP contribution < -0.4 is 4.72 Å². The Morgan fingerprint density at radius 3 is 2.52 bits per heavy atom. The lowest BCUT2D eigenvalue weighted by Gasteiger charge is -2.41. The van der Waals surface area contributed by atoms with Crippen LogP contribution in [0, 0.1) is 5.82 Å². The molecule has 1 saturated carbocycles. The average molecular weight is 336 g/mol. The summed E-state index contributed by atoms with van der Waals surface area (Å²) in [4.78, 5) is 10.6. The molecule has 21 heavy (non-hydrogen) atoms. The van der Waals surface area contributed by atoms with Gasteiger partial charge in [-0.15, -0.1) is 0 Å². The van der Waals surface area contributed by atoms with Gasteiger partial charge >= 0.3 is 5.97 Å². The maximum Gasteiger partial charge on any atom is 0.337 e. The second kappa shape index (κ2) is 5.55. The first-order valence-electron chi connectivity index (χ1n) is 6.47. The number of carboxylic acid groups (broad SMARTS) is 1. The van der Waals surface area contributed by atoms with E-state index in [1.807, 2.05) is 6.92 Å². The van der Waals surface area contributed by atoms with Crippen molar-refractivity contribution in [2.75, 3.05) is 0 Å². The number of carboxylic acids is 1. The highest BCUT2D eigenvalue weighted by Crippen LogP contribution is 2.36. The number of carbonyl (C=O) groups is 1. The SMILES string of the molecule is CCC1(NS(=O)(=O)c2cc(F)c(Cl)c(C(=O)O)c2)CCC1. The second-order valence-electron chi connectivity index (χ2n) is 5.16. The van der Waals surface area contributed by atoms with Gasteiger partial charge in [0.1, 0.15) is 5.82 Å². The highest BCUT2D eigenvalue weighted by atomic mass is 35.5. The number of aromatic carboxylic acids is 1. The van der Waals surface area contributed by atoms with Gasteiger partial charge in [0, 0.05) is 5.54 Å². The van der Waals surface area contributed by atoms with Crippen molar-refractivity contribution in [3.63, 3.8) is 0 Å². The molecular weight excluding hydrogens is 321 g/mol. The fourth-order valence-corrected chi connectivity index (χ4v) is 4.11. The van der Waals surface area contributed by atoms with E-state index >= 15 is 0 Å². The zero-order valence-corrected chi connectivity index (χ0v) is 12.9. The van der Waals surface area contributed by atoms with E-state index in [9.17, 15) is 17.6 Å². The van der Waals surface area contributed by atoms with Crippen LogP contribution in [0.3, 0.4) is 0 Å². The topological polar surface area (TPSA) is 83.5 Å². The van der Waals surface area contributed by atoms with Gasteiger partial charge in [-0.25, -0.2) is 22.3 Å². The van der Waals surface area contributed by atoms with Gasteiger partial charge in [-0.05, 0) is 37.8 Å². The summed E-state index contributed by atoms with van der Waals surface area (Å²) < 4.78 is 40.9. The molecular formula is C13H15ClFNO4S. The number of benzene rings is 1. The van der Waals surface area contributed by atoms with Gasteiger partial charge < -0.3 is 5.11 Å². The molecule has 0 aromatic heterocycles. The summed E-state index contributed by atoms with van der Waals surface area (Å²) in [6.45, 7) is 1.87. The van der Waals surface area contributed by atoms with Crippen LogP contribution in [0.2, 0.25) is 5.02 Å². The quantitative estimate of drug-likeness (QED) is 0.866. The van der Waals surface area contributed by atoms with E-state index in [1.54, 1.807) is 0 Å². The summed E-state index contributed by atoms with van der Waals surface area (Å²) in [6.07, 6.45) is 2.97. The summed E-state index contributed by atoms with van der Waals surface area (Å²) in [7, 11) is -4.00. The number of hydrogen-bond donors (Lipinski definition) is 2. The molecule has 1 aliphatic carbocycles. The van der Waals surface area contributed by atoms with Gasteiger partial charge in [-0.2, -0.15) is 0 Å². The van der Waals surface area contributed by atoms with Crippen LogP contribution in [-0.4, -0.2) is 25.0 Å². The van der Waals surface area contributed by atoms with Gasteiger partial charge in [0.15, 0.2) is 0 Å². The Hall–Kier alpha value is -1.18. The van der Waals surface area contributed by atoms with Gasteiger partial charge in [0.2, 0.25) is 10.0 Å². The Bertz CT molecular complexity index is 680. The Balaban J connectivity index is 2.43. The number of nitrogens with one attached hydrogen (secondary N) is 1. The molecule has 0 heterocycles. The molecule has 0 aliphatic heterocycles. The van der Waals surface area contributed by atoms with Crippen LogP contribution in [0.25, 0.3) is 0 Å². The first-order valence-corrected chi connectivity index (χ1v) is 8.33. The van der Waals surface area contributed by atoms with E-state index in [-0.39, 0.29) is 0 Å². The molecule has 0 radical (unpaired) electrons. The summed E-state index contributed by atoms with van der Waals surface area (Å²) >= 11 is 5.54. The first kappa shape index (κ1) is 16.2. The summed E-state index contributed by atoms with van der Waals surface area (Å²) in [5.41, 5.74) is -1.09. The number of sulfonamides is 1. The summed E-state index contributed by atoms with van der Waals surface area (Å²) in [5, 5.41) is 8.35. The molecule has 116 valence electrons. The molecule has 0 unspecified atom stereocenters. The van der Waals surface area contributed by atoms with Crippen LogP contribution in [-0.2, 0) is 10.0 Å². The lowest BCUT2D eigenvalue weighted by atomic mass is 9.76. The largest absolute Gasteiger partial charge is 0.478 e. The molecule has 0 spiro atoms. The van der Waals surface area contributed by atoms with Crippen molar-refractivity contribution in [2.45, 2.75) is 43.0 Å². The summed E-state index contributed by atoms with van der Waals surface area (Å²) in [6, 6.07) is 1.61. The summed E-state index contributed by atoms with van der Waals surface area (Å²) in [5.74, 6) is -2.55. The highest BCUT2D eigenvalue weighted by Gasteiger charge is 2.39. The third kappa shape index (κ3) is 3.04. The van der Waals surface area contributed by atoms with Crippen LogP contribution >= 0.6 is 11.6 Å². The molecule has 2 rings (SSSR count). The van der Waals surface area contributed by atoms with E-state index < -0.39 is 42.8 Å². The zero-order chi connectivity index (χ0) is 15.8. The fraction of sp³-hybridized carbons (Fsp3) is 0.462. The molecule has 1 fully saturated rings. The minimum absolute atomic E-state index is 0.429. The predicted molar refractivity (Wildman–Crippen MR) is 75.6 cm³/mol. The normalized spacial score (nSPS) is 17.3. The van der Waals surface area contributed by atoms with Gasteiger partial charge in [0.05, 0.1) is 15.5 Å². The molecule has 0 saturated heterocycles. The van der Waals surface area contributed by atoms with E-state index in [2.05, 4.69) is 4.72 Å². The standard InChI is InChI=1S/C13H15ClFNO4S/c1-2-13(4-3-5-13)16-21(19,20)8-6-9(12(17)18)11(14)10(15)7-8/h6-7,16H,2-5H2,1H3,(H,17,18). The van der Waals surface area contributed by atoms with Crippen molar-refractivity contribution < 1.29 is 22.7 Å². The molecule has 2 N–H and O–H groups in total. The Kier molecular flexibility index (Phi) is 4.28. The van der Waals surface area contributed by atoms with Crippen LogP contribution in [0.15, 0.2) is 17.0 Å². The third-order valence-corrected chi connectivity index (χ3v) is 5.82. The van der Waals surface area contributed by atoms with E-state index in [4.69, 9.17) is 16.7 Å². The van der Waals surface area contributed by atoms with Crippen molar-refractivity contribution in [3.05, 3.63) is 28.5 Å².